The predicted molar refractivity (Wildman–Crippen MR) is 81.5 cm³/mol. The number of benzene rings is 1. The first-order valence-corrected chi connectivity index (χ1v) is 7.23. The summed E-state index contributed by atoms with van der Waals surface area (Å²) in [5.74, 6) is -0.738. The number of nitrogens with zero attached hydrogens (tertiary/aromatic N) is 1. The maximum atomic E-state index is 13.7. The van der Waals surface area contributed by atoms with Crippen molar-refractivity contribution < 1.29 is 9.18 Å². The Bertz CT molecular complexity index is 637. The van der Waals surface area contributed by atoms with Crippen molar-refractivity contribution >= 4 is 27.5 Å². The topological polar surface area (TPSA) is 34.0 Å². The number of hydrogen-bond donors (Lipinski definition) is 1. The summed E-state index contributed by atoms with van der Waals surface area (Å²) in [6, 6.07) is 6.47. The molecule has 0 saturated heterocycles. The normalized spacial score (nSPS) is 10.6. The summed E-state index contributed by atoms with van der Waals surface area (Å²) < 4.78 is 16.4. The second-order valence-corrected chi connectivity index (χ2v) is 5.59. The highest BCUT2D eigenvalue weighted by molar-refractivity contribution is 9.10. The van der Waals surface area contributed by atoms with Crippen molar-refractivity contribution in [1.82, 2.24) is 4.57 Å². The fraction of sp³-hybridized carbons (Fsp3) is 0.267. The van der Waals surface area contributed by atoms with E-state index < -0.39 is 5.82 Å². The SMILES string of the molecule is CCCn1cc(Br)cc1C(=O)Nc1ccc(C)cc1F. The van der Waals surface area contributed by atoms with Crippen molar-refractivity contribution in [1.29, 1.82) is 0 Å². The van der Waals surface area contributed by atoms with E-state index in [0.29, 0.717) is 5.69 Å². The second-order valence-electron chi connectivity index (χ2n) is 4.67. The molecule has 0 fully saturated rings. The predicted octanol–water partition coefficient (Wildman–Crippen LogP) is 4.36. The maximum absolute atomic E-state index is 13.7. The third-order valence-electron chi connectivity index (χ3n) is 2.93. The molecule has 0 saturated carbocycles. The molecule has 0 aliphatic carbocycles. The van der Waals surface area contributed by atoms with Crippen molar-refractivity contribution in [2.75, 3.05) is 5.32 Å². The average molecular weight is 339 g/mol. The smallest absolute Gasteiger partial charge is 0.272 e. The van der Waals surface area contributed by atoms with E-state index in [-0.39, 0.29) is 11.6 Å². The molecule has 2 rings (SSSR count). The highest BCUT2D eigenvalue weighted by Gasteiger charge is 2.14. The highest BCUT2D eigenvalue weighted by atomic mass is 79.9. The zero-order valence-corrected chi connectivity index (χ0v) is 13.0. The van der Waals surface area contributed by atoms with Crippen LogP contribution in [0.4, 0.5) is 10.1 Å². The molecule has 5 heteroatoms. The van der Waals surface area contributed by atoms with E-state index in [9.17, 15) is 9.18 Å². The largest absolute Gasteiger partial charge is 0.342 e. The lowest BCUT2D eigenvalue weighted by atomic mass is 10.2. The molecule has 0 aliphatic rings. The molecule has 106 valence electrons. The Labute approximate surface area is 125 Å². The summed E-state index contributed by atoms with van der Waals surface area (Å²) in [4.78, 5) is 12.2. The molecule has 0 spiro atoms. The molecule has 2 aromatic rings. The van der Waals surface area contributed by atoms with Crippen LogP contribution in [0.3, 0.4) is 0 Å². The van der Waals surface area contributed by atoms with Crippen LogP contribution in [0.5, 0.6) is 0 Å². The molecule has 1 aromatic heterocycles. The van der Waals surface area contributed by atoms with Crippen molar-refractivity contribution in [3.63, 3.8) is 0 Å². The van der Waals surface area contributed by atoms with E-state index in [1.165, 1.54) is 6.07 Å². The minimum absolute atomic E-state index is 0.195. The third kappa shape index (κ3) is 3.28. The van der Waals surface area contributed by atoms with Crippen LogP contribution in [0.1, 0.15) is 29.4 Å². The standard InChI is InChI=1S/C15H16BrFN2O/c1-3-6-19-9-11(16)8-14(19)15(20)18-13-5-4-10(2)7-12(13)17/h4-5,7-9H,3,6H2,1-2H3,(H,18,20). The third-order valence-corrected chi connectivity index (χ3v) is 3.37. The molecule has 3 nitrogen and oxygen atoms in total. The average Bonchev–Trinajstić information content (AvgIpc) is 2.74. The van der Waals surface area contributed by atoms with Gasteiger partial charge >= 0.3 is 0 Å². The van der Waals surface area contributed by atoms with Gasteiger partial charge in [-0.3, -0.25) is 4.79 Å². The van der Waals surface area contributed by atoms with Crippen LogP contribution in [-0.2, 0) is 6.54 Å². The number of carbonyl (C=O) groups is 1. The van der Waals surface area contributed by atoms with Gasteiger partial charge in [-0.15, -0.1) is 0 Å². The first-order valence-electron chi connectivity index (χ1n) is 6.44. The Kier molecular flexibility index (Phi) is 4.60. The Hall–Kier alpha value is -1.62. The Morgan fingerprint density at radius 2 is 2.15 bits per heavy atom. The van der Waals surface area contributed by atoms with Crippen molar-refractivity contribution in [3.8, 4) is 0 Å². The van der Waals surface area contributed by atoms with E-state index in [2.05, 4.69) is 21.2 Å². The van der Waals surface area contributed by atoms with Gasteiger partial charge in [-0.05, 0) is 53.0 Å². The summed E-state index contributed by atoms with van der Waals surface area (Å²) >= 11 is 3.36. The minimum atomic E-state index is -0.425. The molecule has 1 N–H and O–H groups in total. The molecule has 1 aromatic carbocycles. The first kappa shape index (κ1) is 14.8. The monoisotopic (exact) mass is 338 g/mol. The van der Waals surface area contributed by atoms with Crippen LogP contribution >= 0.6 is 15.9 Å². The van der Waals surface area contributed by atoms with Crippen LogP contribution in [0.2, 0.25) is 0 Å². The van der Waals surface area contributed by atoms with Gasteiger partial charge in [0.05, 0.1) is 5.69 Å². The summed E-state index contributed by atoms with van der Waals surface area (Å²) in [5, 5.41) is 2.61. The van der Waals surface area contributed by atoms with Gasteiger partial charge < -0.3 is 9.88 Å². The number of aromatic nitrogens is 1. The fourth-order valence-corrected chi connectivity index (χ4v) is 2.46. The molecule has 20 heavy (non-hydrogen) atoms. The number of aryl methyl sites for hydroxylation is 2. The van der Waals surface area contributed by atoms with Crippen molar-refractivity contribution in [2.24, 2.45) is 0 Å². The van der Waals surface area contributed by atoms with Crippen LogP contribution < -0.4 is 5.32 Å². The fourth-order valence-electron chi connectivity index (χ4n) is 2.00. The van der Waals surface area contributed by atoms with Crippen molar-refractivity contribution in [2.45, 2.75) is 26.8 Å². The van der Waals surface area contributed by atoms with E-state index in [4.69, 9.17) is 0 Å². The van der Waals surface area contributed by atoms with Gasteiger partial charge in [-0.2, -0.15) is 0 Å². The summed E-state index contributed by atoms with van der Waals surface area (Å²) in [6.45, 7) is 4.58. The zero-order chi connectivity index (χ0) is 14.7. The van der Waals surface area contributed by atoms with Gasteiger partial charge in [-0.1, -0.05) is 13.0 Å². The lowest BCUT2D eigenvalue weighted by Crippen LogP contribution is -2.17. The van der Waals surface area contributed by atoms with E-state index in [1.807, 2.05) is 17.7 Å². The zero-order valence-electron chi connectivity index (χ0n) is 11.4. The van der Waals surface area contributed by atoms with Gasteiger partial charge in [0.15, 0.2) is 0 Å². The number of hydrogen-bond acceptors (Lipinski definition) is 1. The van der Waals surface area contributed by atoms with Gasteiger partial charge in [-0.25, -0.2) is 4.39 Å². The molecule has 0 aliphatic heterocycles. The van der Waals surface area contributed by atoms with E-state index in [1.54, 1.807) is 25.1 Å². The molecule has 1 amide bonds. The Balaban J connectivity index is 2.23. The number of nitrogens with one attached hydrogen (secondary N) is 1. The van der Waals surface area contributed by atoms with Crippen LogP contribution in [0.25, 0.3) is 0 Å². The highest BCUT2D eigenvalue weighted by Crippen LogP contribution is 2.19. The second kappa shape index (κ2) is 6.22. The Morgan fingerprint density at radius 3 is 2.80 bits per heavy atom. The number of halogens is 2. The quantitative estimate of drug-likeness (QED) is 0.882. The number of carbonyl (C=O) groups excluding carboxylic acids is 1. The van der Waals surface area contributed by atoms with Crippen LogP contribution in [-0.4, -0.2) is 10.5 Å². The van der Waals surface area contributed by atoms with E-state index in [0.717, 1.165) is 23.0 Å². The molecule has 1 heterocycles. The van der Waals surface area contributed by atoms with E-state index >= 15 is 0 Å². The molecule has 0 radical (unpaired) electrons. The number of amides is 1. The minimum Gasteiger partial charge on any atom is -0.342 e. The lowest BCUT2D eigenvalue weighted by Gasteiger charge is -2.09. The number of anilines is 1. The van der Waals surface area contributed by atoms with Gasteiger partial charge in [0, 0.05) is 17.2 Å². The van der Waals surface area contributed by atoms with Crippen LogP contribution in [0.15, 0.2) is 34.9 Å². The van der Waals surface area contributed by atoms with Gasteiger partial charge in [0.2, 0.25) is 0 Å². The summed E-state index contributed by atoms with van der Waals surface area (Å²) in [5.41, 5.74) is 1.53. The molecule has 0 unspecified atom stereocenters. The number of rotatable bonds is 4. The van der Waals surface area contributed by atoms with Crippen molar-refractivity contribution in [3.05, 3.63) is 52.0 Å². The molecule has 0 atom stereocenters. The summed E-state index contributed by atoms with van der Waals surface area (Å²) in [7, 11) is 0. The van der Waals surface area contributed by atoms with Crippen LogP contribution in [0, 0.1) is 12.7 Å². The molecule has 0 bridgehead atoms. The molecular formula is C15H16BrFN2O. The van der Waals surface area contributed by atoms with Gasteiger partial charge in [0.25, 0.3) is 5.91 Å². The Morgan fingerprint density at radius 1 is 1.40 bits per heavy atom. The first-order chi connectivity index (χ1) is 9.51. The van der Waals surface area contributed by atoms with Gasteiger partial charge in [0.1, 0.15) is 11.5 Å². The lowest BCUT2D eigenvalue weighted by molar-refractivity contribution is 0.101. The maximum Gasteiger partial charge on any atom is 0.272 e. The summed E-state index contributed by atoms with van der Waals surface area (Å²) in [6.07, 6.45) is 2.77. The molecular weight excluding hydrogens is 323 g/mol.